The topological polar surface area (TPSA) is 77.9 Å². The zero-order chi connectivity index (χ0) is 18.0. The molecule has 1 amide bonds. The molecule has 8 heteroatoms. The third kappa shape index (κ3) is 3.83. The molecule has 1 aliphatic rings. The predicted molar refractivity (Wildman–Crippen MR) is 102 cm³/mol. The standard InChI is InChI=1S/C17H15ClN4O2S/c1-10-15(11(2)23)7-13(20-10)8-19-21-17-22(16(24)9-25-17)14-5-3-12(18)4-6-14/h3-8,20H,9H2,1-2H3/b19-8+,21-17-. The molecule has 25 heavy (non-hydrogen) atoms. The molecule has 2 aromatic rings. The number of amides is 1. The average molecular weight is 375 g/mol. The zero-order valence-corrected chi connectivity index (χ0v) is 15.2. The van der Waals surface area contributed by atoms with E-state index in [0.717, 1.165) is 5.69 Å². The van der Waals surface area contributed by atoms with Crippen LogP contribution in [0.4, 0.5) is 5.69 Å². The van der Waals surface area contributed by atoms with Gasteiger partial charge < -0.3 is 4.98 Å². The largest absolute Gasteiger partial charge is 0.357 e. The fourth-order valence-electron chi connectivity index (χ4n) is 2.44. The van der Waals surface area contributed by atoms with Crippen LogP contribution < -0.4 is 4.90 Å². The highest BCUT2D eigenvalue weighted by Crippen LogP contribution is 2.27. The summed E-state index contributed by atoms with van der Waals surface area (Å²) in [7, 11) is 0. The van der Waals surface area contributed by atoms with Gasteiger partial charge in [0.2, 0.25) is 5.91 Å². The number of anilines is 1. The summed E-state index contributed by atoms with van der Waals surface area (Å²) in [4.78, 5) is 28.2. The summed E-state index contributed by atoms with van der Waals surface area (Å²) >= 11 is 7.21. The van der Waals surface area contributed by atoms with E-state index >= 15 is 0 Å². The number of carbonyl (C=O) groups is 2. The Morgan fingerprint density at radius 1 is 1.36 bits per heavy atom. The minimum Gasteiger partial charge on any atom is -0.357 e. The van der Waals surface area contributed by atoms with Crippen molar-refractivity contribution in [3.05, 3.63) is 52.3 Å². The van der Waals surface area contributed by atoms with Crippen molar-refractivity contribution in [3.63, 3.8) is 0 Å². The van der Waals surface area contributed by atoms with Crippen LogP contribution in [-0.2, 0) is 4.79 Å². The lowest BCUT2D eigenvalue weighted by atomic mass is 10.2. The Morgan fingerprint density at radius 3 is 2.72 bits per heavy atom. The Hall–Kier alpha value is -2.38. The van der Waals surface area contributed by atoms with Gasteiger partial charge in [-0.1, -0.05) is 23.4 Å². The zero-order valence-electron chi connectivity index (χ0n) is 13.6. The molecule has 0 atom stereocenters. The number of ketones is 1. The third-order valence-corrected chi connectivity index (χ3v) is 4.77. The van der Waals surface area contributed by atoms with E-state index in [1.165, 1.54) is 29.8 Å². The maximum absolute atomic E-state index is 12.1. The molecule has 0 bridgehead atoms. The molecule has 0 saturated carbocycles. The maximum atomic E-state index is 12.1. The molecule has 1 fully saturated rings. The van der Waals surface area contributed by atoms with Crippen LogP contribution in [0, 0.1) is 6.92 Å². The molecule has 0 unspecified atom stereocenters. The van der Waals surface area contributed by atoms with Gasteiger partial charge in [0.25, 0.3) is 0 Å². The molecular formula is C17H15ClN4O2S. The number of hydrogen-bond acceptors (Lipinski definition) is 5. The molecular weight excluding hydrogens is 360 g/mol. The first-order chi connectivity index (χ1) is 12.0. The number of hydrogen-bond donors (Lipinski definition) is 1. The van der Waals surface area contributed by atoms with Crippen molar-refractivity contribution in [1.29, 1.82) is 0 Å². The summed E-state index contributed by atoms with van der Waals surface area (Å²) in [5, 5.41) is 9.29. The van der Waals surface area contributed by atoms with Crippen LogP contribution in [0.25, 0.3) is 0 Å². The van der Waals surface area contributed by atoms with Crippen molar-refractivity contribution in [2.45, 2.75) is 13.8 Å². The second-order valence-corrected chi connectivity index (χ2v) is 6.82. The second kappa shape index (κ2) is 7.25. The van der Waals surface area contributed by atoms with E-state index in [4.69, 9.17) is 11.6 Å². The first-order valence-electron chi connectivity index (χ1n) is 7.48. The number of nitrogens with zero attached hydrogens (tertiary/aromatic N) is 3. The van der Waals surface area contributed by atoms with Gasteiger partial charge in [0, 0.05) is 16.3 Å². The summed E-state index contributed by atoms with van der Waals surface area (Å²) in [5.74, 6) is 0.244. The lowest BCUT2D eigenvalue weighted by Gasteiger charge is -2.14. The number of Topliss-reactive ketones (excluding diaryl/α,β-unsaturated/α-hetero) is 1. The molecule has 6 nitrogen and oxygen atoms in total. The van der Waals surface area contributed by atoms with Crippen LogP contribution in [-0.4, -0.2) is 33.8 Å². The van der Waals surface area contributed by atoms with Crippen LogP contribution in [0.1, 0.15) is 28.7 Å². The SMILES string of the molecule is CC(=O)c1cc(/C=N/N=C2\SCC(=O)N2c2ccc(Cl)cc2)[nH]c1C. The molecule has 3 rings (SSSR count). The van der Waals surface area contributed by atoms with Gasteiger partial charge >= 0.3 is 0 Å². The highest BCUT2D eigenvalue weighted by atomic mass is 35.5. The van der Waals surface area contributed by atoms with Gasteiger partial charge in [0.1, 0.15) is 0 Å². The van der Waals surface area contributed by atoms with Crippen LogP contribution in [0.15, 0.2) is 40.5 Å². The van der Waals surface area contributed by atoms with E-state index in [1.807, 2.05) is 6.92 Å². The summed E-state index contributed by atoms with van der Waals surface area (Å²) in [6.45, 7) is 3.34. The van der Waals surface area contributed by atoms with Crippen LogP contribution >= 0.6 is 23.4 Å². The number of carbonyl (C=O) groups excluding carboxylic acids is 2. The Balaban J connectivity index is 1.82. The number of amidine groups is 1. The molecule has 1 aromatic carbocycles. The molecule has 1 aromatic heterocycles. The molecule has 0 radical (unpaired) electrons. The Kier molecular flexibility index (Phi) is 5.06. The summed E-state index contributed by atoms with van der Waals surface area (Å²) < 4.78 is 0. The number of benzene rings is 1. The van der Waals surface area contributed by atoms with E-state index in [1.54, 1.807) is 30.3 Å². The van der Waals surface area contributed by atoms with E-state index in [2.05, 4.69) is 15.2 Å². The first kappa shape index (κ1) is 17.4. The molecule has 0 aliphatic carbocycles. The van der Waals surface area contributed by atoms with E-state index in [0.29, 0.717) is 32.9 Å². The number of rotatable bonds is 4. The number of thioether (sulfide) groups is 1. The summed E-state index contributed by atoms with van der Waals surface area (Å²) in [6.07, 6.45) is 1.52. The van der Waals surface area contributed by atoms with E-state index < -0.39 is 0 Å². The van der Waals surface area contributed by atoms with Gasteiger partial charge in [-0.3, -0.25) is 14.5 Å². The van der Waals surface area contributed by atoms with Gasteiger partial charge in [0.15, 0.2) is 11.0 Å². The van der Waals surface area contributed by atoms with Crippen molar-refractivity contribution >= 4 is 52.1 Å². The fourth-order valence-corrected chi connectivity index (χ4v) is 3.39. The lowest BCUT2D eigenvalue weighted by Crippen LogP contribution is -2.28. The van der Waals surface area contributed by atoms with Crippen molar-refractivity contribution in [3.8, 4) is 0 Å². The van der Waals surface area contributed by atoms with Crippen molar-refractivity contribution in [1.82, 2.24) is 4.98 Å². The number of halogens is 1. The van der Waals surface area contributed by atoms with Crippen molar-refractivity contribution in [2.75, 3.05) is 10.7 Å². The van der Waals surface area contributed by atoms with Crippen LogP contribution in [0.5, 0.6) is 0 Å². The number of aromatic nitrogens is 1. The molecule has 0 spiro atoms. The lowest BCUT2D eigenvalue weighted by molar-refractivity contribution is -0.115. The normalized spacial score (nSPS) is 16.4. The van der Waals surface area contributed by atoms with Gasteiger partial charge in [0.05, 0.1) is 23.3 Å². The highest BCUT2D eigenvalue weighted by molar-refractivity contribution is 8.15. The number of H-pyrrole nitrogens is 1. The predicted octanol–water partition coefficient (Wildman–Crippen LogP) is 3.65. The number of aryl methyl sites for hydroxylation is 1. The van der Waals surface area contributed by atoms with Gasteiger partial charge in [-0.05, 0) is 44.2 Å². The van der Waals surface area contributed by atoms with Gasteiger partial charge in [-0.2, -0.15) is 5.10 Å². The minimum absolute atomic E-state index is 0.00873. The van der Waals surface area contributed by atoms with Gasteiger partial charge in [-0.25, -0.2) is 0 Å². The Morgan fingerprint density at radius 2 is 2.08 bits per heavy atom. The quantitative estimate of drug-likeness (QED) is 0.504. The highest BCUT2D eigenvalue weighted by Gasteiger charge is 2.29. The average Bonchev–Trinajstić information content (AvgIpc) is 3.12. The van der Waals surface area contributed by atoms with E-state index in [9.17, 15) is 9.59 Å². The Bertz CT molecular complexity index is 887. The summed E-state index contributed by atoms with van der Waals surface area (Å²) in [6, 6.07) is 8.70. The first-order valence-corrected chi connectivity index (χ1v) is 8.85. The molecule has 1 N–H and O–H groups in total. The van der Waals surface area contributed by atoms with Crippen LogP contribution in [0.2, 0.25) is 5.02 Å². The number of aromatic amines is 1. The van der Waals surface area contributed by atoms with E-state index in [-0.39, 0.29) is 11.7 Å². The van der Waals surface area contributed by atoms with Crippen molar-refractivity contribution in [2.24, 2.45) is 10.2 Å². The minimum atomic E-state index is -0.0594. The van der Waals surface area contributed by atoms with Crippen LogP contribution in [0.3, 0.4) is 0 Å². The monoisotopic (exact) mass is 374 g/mol. The Labute approximate surface area is 154 Å². The van der Waals surface area contributed by atoms with Gasteiger partial charge in [-0.15, -0.1) is 5.10 Å². The smallest absolute Gasteiger partial charge is 0.243 e. The van der Waals surface area contributed by atoms with Crippen molar-refractivity contribution < 1.29 is 9.59 Å². The summed E-state index contributed by atoms with van der Waals surface area (Å²) in [5.41, 5.74) is 2.79. The number of nitrogens with one attached hydrogen (secondary N) is 1. The fraction of sp³-hybridized carbons (Fsp3) is 0.176. The second-order valence-electron chi connectivity index (χ2n) is 5.44. The maximum Gasteiger partial charge on any atom is 0.243 e. The molecule has 1 aliphatic heterocycles. The third-order valence-electron chi connectivity index (χ3n) is 3.61. The molecule has 1 saturated heterocycles. The molecule has 128 valence electrons. The molecule has 2 heterocycles.